The Balaban J connectivity index is 0.00000324. The van der Waals surface area contributed by atoms with E-state index in [1.54, 1.807) is 0 Å². The molecular formula is C21H20AgO12. The number of aliphatic hydroxyl groups excluding tert-OH is 3. The van der Waals surface area contributed by atoms with Crippen molar-refractivity contribution in [1.82, 2.24) is 0 Å². The second-order valence-corrected chi connectivity index (χ2v) is 7.59. The Morgan fingerprint density at radius 2 is 1.47 bits per heavy atom. The molecule has 5 unspecified atom stereocenters. The third-order valence-electron chi connectivity index (χ3n) is 5.29. The number of hydrogen-bond acceptors (Lipinski definition) is 12. The van der Waals surface area contributed by atoms with Crippen molar-refractivity contribution in [2.75, 3.05) is 0 Å². The van der Waals surface area contributed by atoms with Gasteiger partial charge in [-0.1, -0.05) is 0 Å². The molecule has 1 fully saturated rings. The molecule has 2 aromatic carbocycles. The molecule has 8 N–H and O–H groups in total. The van der Waals surface area contributed by atoms with Crippen molar-refractivity contribution in [2.24, 2.45) is 0 Å². The summed E-state index contributed by atoms with van der Waals surface area (Å²) >= 11 is 0. The van der Waals surface area contributed by atoms with E-state index in [2.05, 4.69) is 0 Å². The van der Waals surface area contributed by atoms with Crippen molar-refractivity contribution in [3.05, 3.63) is 34.5 Å². The van der Waals surface area contributed by atoms with Crippen LogP contribution in [0, 0.1) is 0 Å². The first-order valence-electron chi connectivity index (χ1n) is 9.64. The van der Waals surface area contributed by atoms with Crippen LogP contribution >= 0.6 is 0 Å². The summed E-state index contributed by atoms with van der Waals surface area (Å²) in [6.45, 7) is 1.39. The minimum Gasteiger partial charge on any atom is -0.508 e. The zero-order valence-electron chi connectivity index (χ0n) is 17.2. The molecule has 12 nitrogen and oxygen atoms in total. The minimum absolute atomic E-state index is 0. The van der Waals surface area contributed by atoms with Gasteiger partial charge >= 0.3 is 0 Å². The summed E-state index contributed by atoms with van der Waals surface area (Å²) in [5.41, 5.74) is -1.45. The van der Waals surface area contributed by atoms with Crippen LogP contribution in [0.5, 0.6) is 34.5 Å². The van der Waals surface area contributed by atoms with E-state index in [-0.39, 0.29) is 33.5 Å². The molecule has 5 atom stereocenters. The average Bonchev–Trinajstić information content (AvgIpc) is 2.74. The molecule has 3 aromatic rings. The van der Waals surface area contributed by atoms with Crippen molar-refractivity contribution in [2.45, 2.75) is 37.6 Å². The first-order chi connectivity index (χ1) is 15.5. The molecular weight excluding hydrogens is 552 g/mol. The summed E-state index contributed by atoms with van der Waals surface area (Å²) in [7, 11) is 0. The predicted octanol–water partition coefficient (Wildman–Crippen LogP) is 0.192. The van der Waals surface area contributed by atoms with Gasteiger partial charge in [-0.3, -0.25) is 4.79 Å². The van der Waals surface area contributed by atoms with Gasteiger partial charge in [0.05, 0.1) is 6.10 Å². The molecule has 1 aromatic heterocycles. The molecule has 187 valence electrons. The van der Waals surface area contributed by atoms with E-state index in [9.17, 15) is 45.6 Å². The molecule has 4 rings (SSSR count). The predicted molar refractivity (Wildman–Crippen MR) is 109 cm³/mol. The van der Waals surface area contributed by atoms with Crippen molar-refractivity contribution >= 4 is 11.0 Å². The van der Waals surface area contributed by atoms with E-state index in [4.69, 9.17) is 13.9 Å². The molecule has 0 bridgehead atoms. The molecule has 2 heterocycles. The van der Waals surface area contributed by atoms with Crippen LogP contribution in [0.15, 0.2) is 33.5 Å². The standard InChI is InChI=1S/C21H20O12.Ag/c1-6-14(26)17(29)18(30)21(31-6)33-20-16(28)13-9(23)4-8(22)5-12(13)32-19(20)7-2-10(24)15(27)11(25)3-7;/h2-6,14,17-18,21-27,29-30H,1H3;. The number of hydrogen-bond donors (Lipinski definition) is 8. The summed E-state index contributed by atoms with van der Waals surface area (Å²) in [5, 5.41) is 79.1. The Labute approximate surface area is 206 Å². The van der Waals surface area contributed by atoms with Crippen LogP contribution in [0.2, 0.25) is 0 Å². The Bertz CT molecular complexity index is 1270. The number of phenolic OH excluding ortho intramolecular Hbond substituents is 5. The first-order valence-corrected chi connectivity index (χ1v) is 9.64. The minimum atomic E-state index is -1.80. The van der Waals surface area contributed by atoms with Gasteiger partial charge in [0.2, 0.25) is 17.5 Å². The number of ether oxygens (including phenoxy) is 2. The van der Waals surface area contributed by atoms with Gasteiger partial charge in [-0.2, -0.15) is 0 Å². The summed E-state index contributed by atoms with van der Waals surface area (Å²) in [5.74, 6) is -4.55. The third-order valence-corrected chi connectivity index (χ3v) is 5.29. The van der Waals surface area contributed by atoms with Crippen LogP contribution < -0.4 is 10.2 Å². The zero-order chi connectivity index (χ0) is 24.2. The van der Waals surface area contributed by atoms with Gasteiger partial charge in [-0.25, -0.2) is 0 Å². The van der Waals surface area contributed by atoms with Gasteiger partial charge in [0, 0.05) is 40.1 Å². The molecule has 34 heavy (non-hydrogen) atoms. The second kappa shape index (κ2) is 9.35. The van der Waals surface area contributed by atoms with E-state index in [1.165, 1.54) is 6.92 Å². The largest absolute Gasteiger partial charge is 0.508 e. The van der Waals surface area contributed by atoms with Gasteiger partial charge in [-0.05, 0) is 19.1 Å². The molecule has 1 saturated heterocycles. The number of aliphatic hydroxyl groups is 3. The quantitative estimate of drug-likeness (QED) is 0.156. The Kier molecular flexibility index (Phi) is 7.05. The van der Waals surface area contributed by atoms with Gasteiger partial charge in [0.25, 0.3) is 0 Å². The number of fused-ring (bicyclic) bond motifs is 1. The number of phenols is 5. The molecule has 1 aliphatic rings. The van der Waals surface area contributed by atoms with E-state index in [0.717, 1.165) is 24.3 Å². The summed E-state index contributed by atoms with van der Waals surface area (Å²) in [6, 6.07) is 3.79. The van der Waals surface area contributed by atoms with Crippen LogP contribution in [0.3, 0.4) is 0 Å². The van der Waals surface area contributed by atoms with Crippen LogP contribution in [0.25, 0.3) is 22.3 Å². The topological polar surface area (TPSA) is 211 Å². The van der Waals surface area contributed by atoms with E-state index < -0.39 is 81.8 Å². The smallest absolute Gasteiger partial charge is 0.239 e. The molecule has 13 heteroatoms. The maximum atomic E-state index is 13.2. The molecule has 0 spiro atoms. The third kappa shape index (κ3) is 4.28. The summed E-state index contributed by atoms with van der Waals surface area (Å²) in [6.07, 6.45) is -7.59. The van der Waals surface area contributed by atoms with Gasteiger partial charge in [-0.15, -0.1) is 0 Å². The van der Waals surface area contributed by atoms with Gasteiger partial charge in [0.15, 0.2) is 23.0 Å². The zero-order valence-corrected chi connectivity index (χ0v) is 18.7. The molecule has 1 radical (unpaired) electrons. The molecule has 1 aliphatic heterocycles. The summed E-state index contributed by atoms with van der Waals surface area (Å²) < 4.78 is 16.5. The molecule has 0 aliphatic carbocycles. The fourth-order valence-electron chi connectivity index (χ4n) is 3.53. The van der Waals surface area contributed by atoms with E-state index >= 15 is 0 Å². The van der Waals surface area contributed by atoms with E-state index in [1.807, 2.05) is 0 Å². The van der Waals surface area contributed by atoms with Crippen LogP contribution in [0.1, 0.15) is 6.92 Å². The second-order valence-electron chi connectivity index (χ2n) is 7.59. The molecule has 0 amide bonds. The van der Waals surface area contributed by atoms with Gasteiger partial charge < -0.3 is 54.7 Å². The van der Waals surface area contributed by atoms with Crippen LogP contribution in [-0.4, -0.2) is 71.6 Å². The fourth-order valence-corrected chi connectivity index (χ4v) is 3.53. The summed E-state index contributed by atoms with van der Waals surface area (Å²) in [4.78, 5) is 13.2. The van der Waals surface area contributed by atoms with E-state index in [0.29, 0.717) is 0 Å². The Morgan fingerprint density at radius 1 is 0.853 bits per heavy atom. The van der Waals surface area contributed by atoms with Crippen LogP contribution in [0.4, 0.5) is 0 Å². The van der Waals surface area contributed by atoms with Crippen molar-refractivity contribution < 1.29 is 77.1 Å². The monoisotopic (exact) mass is 571 g/mol. The molecule has 0 saturated carbocycles. The number of rotatable bonds is 3. The Hall–Kier alpha value is -2.97. The normalized spacial score (nSPS) is 24.5. The SMILES string of the molecule is CC1OC(Oc2c(-c3cc(O)c(O)c(O)c3)oc3cc(O)cc(O)c3c2=O)C(O)C(O)C1O.[Ag]. The first kappa shape index (κ1) is 25.6. The maximum absolute atomic E-state index is 13.2. The van der Waals surface area contributed by atoms with Crippen molar-refractivity contribution in [3.8, 4) is 45.8 Å². The number of benzene rings is 2. The average molecular weight is 572 g/mol. The number of aromatic hydroxyl groups is 5. The Morgan fingerprint density at radius 3 is 2.09 bits per heavy atom. The van der Waals surface area contributed by atoms with Gasteiger partial charge in [0.1, 0.15) is 40.8 Å². The van der Waals surface area contributed by atoms with Crippen molar-refractivity contribution in [3.63, 3.8) is 0 Å². The maximum Gasteiger partial charge on any atom is 0.239 e. The van der Waals surface area contributed by atoms with Crippen molar-refractivity contribution in [1.29, 1.82) is 0 Å². The van der Waals surface area contributed by atoms with Crippen LogP contribution in [-0.2, 0) is 27.1 Å². The fraction of sp³-hybridized carbons (Fsp3) is 0.286.